The smallest absolute Gasteiger partial charge is 0.237 e. The third-order valence-electron chi connectivity index (χ3n) is 2.89. The molecule has 1 aromatic heterocycles. The molecule has 0 unspecified atom stereocenters. The summed E-state index contributed by atoms with van der Waals surface area (Å²) in [5, 5.41) is 0. The molecule has 0 aliphatic carbocycles. The van der Waals surface area contributed by atoms with E-state index in [9.17, 15) is 8.42 Å². The van der Waals surface area contributed by atoms with Crippen LogP contribution in [0.5, 0.6) is 0 Å². The lowest BCUT2D eigenvalue weighted by Gasteiger charge is -2.11. The van der Waals surface area contributed by atoms with Gasteiger partial charge in [0.1, 0.15) is 0 Å². The molecule has 0 amide bonds. The van der Waals surface area contributed by atoms with Gasteiger partial charge >= 0.3 is 0 Å². The predicted molar refractivity (Wildman–Crippen MR) is 80.8 cm³/mol. The molecular formula is C14H17N3O2S. The van der Waals surface area contributed by atoms with E-state index < -0.39 is 10.0 Å². The number of hydrogen-bond donors (Lipinski definition) is 2. The van der Waals surface area contributed by atoms with Crippen molar-refractivity contribution >= 4 is 21.4 Å². The molecule has 0 fully saturated rings. The highest BCUT2D eigenvalue weighted by molar-refractivity contribution is 7.91. The normalized spacial score (nSPS) is 11.3. The number of anilines is 2. The number of nitrogens with zero attached hydrogens (tertiary/aromatic N) is 1. The summed E-state index contributed by atoms with van der Waals surface area (Å²) < 4.78 is 26.9. The van der Waals surface area contributed by atoms with Gasteiger partial charge in [-0.05, 0) is 37.6 Å². The number of pyridine rings is 1. The lowest BCUT2D eigenvalue weighted by atomic mass is 10.2. The predicted octanol–water partition coefficient (Wildman–Crippen LogP) is 2.22. The Hall–Kier alpha value is -2.08. The van der Waals surface area contributed by atoms with E-state index in [4.69, 9.17) is 5.73 Å². The number of rotatable bonds is 4. The second kappa shape index (κ2) is 5.50. The average molecular weight is 291 g/mol. The zero-order chi connectivity index (χ0) is 14.8. The van der Waals surface area contributed by atoms with E-state index in [1.807, 2.05) is 6.92 Å². The monoisotopic (exact) mass is 291 g/mol. The number of aryl methyl sites for hydroxylation is 2. The van der Waals surface area contributed by atoms with E-state index in [2.05, 4.69) is 9.71 Å². The molecule has 6 heteroatoms. The molecule has 20 heavy (non-hydrogen) atoms. The van der Waals surface area contributed by atoms with Crippen LogP contribution >= 0.6 is 0 Å². The Morgan fingerprint density at radius 1 is 1.15 bits per heavy atom. The van der Waals surface area contributed by atoms with Crippen LogP contribution in [0.4, 0.5) is 11.4 Å². The third-order valence-corrected chi connectivity index (χ3v) is 4.11. The van der Waals surface area contributed by atoms with E-state index in [0.717, 1.165) is 5.69 Å². The van der Waals surface area contributed by atoms with Crippen molar-refractivity contribution in [2.75, 3.05) is 10.5 Å². The highest BCUT2D eigenvalue weighted by atomic mass is 32.2. The average Bonchev–Trinajstić information content (AvgIpc) is 2.35. The highest BCUT2D eigenvalue weighted by Crippen LogP contribution is 2.18. The summed E-state index contributed by atoms with van der Waals surface area (Å²) in [5.41, 5.74) is 8.80. The van der Waals surface area contributed by atoms with Gasteiger partial charge in [0, 0.05) is 11.4 Å². The van der Waals surface area contributed by atoms with Crippen molar-refractivity contribution in [3.05, 3.63) is 53.3 Å². The number of benzene rings is 1. The lowest BCUT2D eigenvalue weighted by molar-refractivity contribution is 0.600. The summed E-state index contributed by atoms with van der Waals surface area (Å²) in [4.78, 5) is 4.23. The van der Waals surface area contributed by atoms with Crippen LogP contribution < -0.4 is 10.5 Å². The van der Waals surface area contributed by atoms with Gasteiger partial charge < -0.3 is 5.73 Å². The molecule has 0 aliphatic heterocycles. The van der Waals surface area contributed by atoms with Gasteiger partial charge in [-0.2, -0.15) is 0 Å². The number of nitrogens with one attached hydrogen (secondary N) is 1. The van der Waals surface area contributed by atoms with Gasteiger partial charge in [0.05, 0.1) is 17.1 Å². The molecule has 3 N–H and O–H groups in total. The second-order valence-corrected chi connectivity index (χ2v) is 6.37. The topological polar surface area (TPSA) is 85.1 Å². The molecule has 1 aromatic carbocycles. The summed E-state index contributed by atoms with van der Waals surface area (Å²) in [7, 11) is -3.52. The maximum Gasteiger partial charge on any atom is 0.237 e. The third kappa shape index (κ3) is 3.48. The molecule has 2 aromatic rings. The molecule has 0 spiro atoms. The number of sulfonamides is 1. The first-order valence-corrected chi connectivity index (χ1v) is 7.81. The first kappa shape index (κ1) is 14.3. The van der Waals surface area contributed by atoms with E-state index in [1.165, 1.54) is 0 Å². The summed E-state index contributed by atoms with van der Waals surface area (Å²) >= 11 is 0. The first-order chi connectivity index (χ1) is 9.37. The van der Waals surface area contributed by atoms with Crippen molar-refractivity contribution in [1.29, 1.82) is 0 Å². The van der Waals surface area contributed by atoms with Crippen molar-refractivity contribution in [3.63, 3.8) is 0 Å². The maximum absolute atomic E-state index is 12.2. The minimum atomic E-state index is -3.52. The van der Waals surface area contributed by atoms with Crippen molar-refractivity contribution < 1.29 is 8.42 Å². The van der Waals surface area contributed by atoms with Crippen molar-refractivity contribution in [2.45, 2.75) is 19.6 Å². The van der Waals surface area contributed by atoms with E-state index in [-0.39, 0.29) is 5.75 Å². The number of aromatic nitrogens is 1. The Bertz CT molecular complexity index is 727. The Morgan fingerprint density at radius 2 is 1.85 bits per heavy atom. The van der Waals surface area contributed by atoms with Gasteiger partial charge in [-0.25, -0.2) is 8.42 Å². The largest absolute Gasteiger partial charge is 0.398 e. The van der Waals surface area contributed by atoms with E-state index >= 15 is 0 Å². The van der Waals surface area contributed by atoms with Crippen molar-refractivity contribution in [3.8, 4) is 0 Å². The molecule has 0 atom stereocenters. The highest BCUT2D eigenvalue weighted by Gasteiger charge is 2.15. The second-order valence-electron chi connectivity index (χ2n) is 4.65. The van der Waals surface area contributed by atoms with E-state index in [0.29, 0.717) is 22.6 Å². The molecule has 0 saturated heterocycles. The van der Waals surface area contributed by atoms with Gasteiger partial charge in [-0.3, -0.25) is 9.71 Å². The molecule has 106 valence electrons. The van der Waals surface area contributed by atoms with E-state index in [1.54, 1.807) is 43.3 Å². The van der Waals surface area contributed by atoms with Crippen LogP contribution in [0.15, 0.2) is 36.4 Å². The van der Waals surface area contributed by atoms with Gasteiger partial charge in [-0.15, -0.1) is 0 Å². The Morgan fingerprint density at radius 3 is 2.50 bits per heavy atom. The zero-order valence-electron chi connectivity index (χ0n) is 11.4. The number of hydrogen-bond acceptors (Lipinski definition) is 4. The Kier molecular flexibility index (Phi) is 3.94. The molecule has 0 saturated carbocycles. The number of nitrogen functional groups attached to an aromatic ring is 1. The molecule has 0 radical (unpaired) electrons. The summed E-state index contributed by atoms with van der Waals surface area (Å²) in [6.07, 6.45) is 0. The van der Waals surface area contributed by atoms with Crippen LogP contribution in [0.25, 0.3) is 0 Å². The van der Waals surface area contributed by atoms with Crippen molar-refractivity contribution in [2.24, 2.45) is 0 Å². The quantitative estimate of drug-likeness (QED) is 0.846. The molecule has 5 nitrogen and oxygen atoms in total. The number of nitrogens with two attached hydrogens (primary N) is 1. The minimum absolute atomic E-state index is 0.160. The standard InChI is InChI=1S/C14H17N3O2S/c1-10-7-8-14(11(2)16-10)17-20(18,19)9-12-5-3-4-6-13(12)15/h3-8,17H,9,15H2,1-2H3. The van der Waals surface area contributed by atoms with Crippen LogP contribution in [0.2, 0.25) is 0 Å². The number of para-hydroxylation sites is 1. The minimum Gasteiger partial charge on any atom is -0.398 e. The fraction of sp³-hybridized carbons (Fsp3) is 0.214. The first-order valence-electron chi connectivity index (χ1n) is 6.15. The van der Waals surface area contributed by atoms with Crippen LogP contribution in [0.3, 0.4) is 0 Å². The van der Waals surface area contributed by atoms with Crippen LogP contribution in [0, 0.1) is 13.8 Å². The van der Waals surface area contributed by atoms with Gasteiger partial charge in [0.25, 0.3) is 0 Å². The summed E-state index contributed by atoms with van der Waals surface area (Å²) in [5.74, 6) is -0.160. The Labute approximate surface area is 118 Å². The maximum atomic E-state index is 12.2. The van der Waals surface area contributed by atoms with Crippen LogP contribution in [0.1, 0.15) is 17.0 Å². The Balaban J connectivity index is 2.22. The fourth-order valence-corrected chi connectivity index (χ4v) is 3.16. The van der Waals surface area contributed by atoms with Gasteiger partial charge in [0.2, 0.25) is 10.0 Å². The van der Waals surface area contributed by atoms with Crippen LogP contribution in [-0.2, 0) is 15.8 Å². The fourth-order valence-electron chi connectivity index (χ4n) is 1.87. The molecule has 0 bridgehead atoms. The zero-order valence-corrected chi connectivity index (χ0v) is 12.2. The van der Waals surface area contributed by atoms with Gasteiger partial charge in [-0.1, -0.05) is 18.2 Å². The SMILES string of the molecule is Cc1ccc(NS(=O)(=O)Cc2ccccc2N)c(C)n1. The summed E-state index contributed by atoms with van der Waals surface area (Å²) in [6.45, 7) is 3.62. The molecule has 0 aliphatic rings. The van der Waals surface area contributed by atoms with Gasteiger partial charge in [0.15, 0.2) is 0 Å². The molecular weight excluding hydrogens is 274 g/mol. The van der Waals surface area contributed by atoms with Crippen molar-refractivity contribution in [1.82, 2.24) is 4.98 Å². The summed E-state index contributed by atoms with van der Waals surface area (Å²) in [6, 6.07) is 10.4. The molecule has 1 heterocycles. The molecule has 2 rings (SSSR count). The van der Waals surface area contributed by atoms with Crippen LogP contribution in [-0.4, -0.2) is 13.4 Å². The lowest BCUT2D eigenvalue weighted by Crippen LogP contribution is -2.17.